The van der Waals surface area contributed by atoms with Gasteiger partial charge in [-0.3, -0.25) is 4.79 Å². The third-order valence-electron chi connectivity index (χ3n) is 2.36. The molecular formula is C11H24N2O. The summed E-state index contributed by atoms with van der Waals surface area (Å²) in [5, 5.41) is 0. The zero-order chi connectivity index (χ0) is 10.8. The zero-order valence-electron chi connectivity index (χ0n) is 9.59. The predicted octanol–water partition coefficient (Wildman–Crippen LogP) is 1.76. The molecule has 0 aliphatic carbocycles. The number of carbonyl (C=O) groups is 1. The highest BCUT2D eigenvalue weighted by atomic mass is 16.2. The van der Waals surface area contributed by atoms with Crippen molar-refractivity contribution in [3.05, 3.63) is 0 Å². The lowest BCUT2D eigenvalue weighted by Crippen LogP contribution is -2.30. The van der Waals surface area contributed by atoms with E-state index >= 15 is 0 Å². The van der Waals surface area contributed by atoms with Gasteiger partial charge in [-0.15, -0.1) is 0 Å². The minimum atomic E-state index is 0.200. The number of hydrogen-bond acceptors (Lipinski definition) is 2. The van der Waals surface area contributed by atoms with Gasteiger partial charge in [-0.2, -0.15) is 0 Å². The molecule has 0 saturated carbocycles. The van der Waals surface area contributed by atoms with Crippen molar-refractivity contribution in [3.8, 4) is 0 Å². The normalized spacial score (nSPS) is 10.2. The summed E-state index contributed by atoms with van der Waals surface area (Å²) in [7, 11) is 0. The molecule has 0 aromatic rings. The lowest BCUT2D eigenvalue weighted by Gasteiger charge is -2.20. The minimum absolute atomic E-state index is 0.200. The second-order valence-corrected chi connectivity index (χ2v) is 3.71. The smallest absolute Gasteiger partial charge is 0.219 e. The standard InChI is InChI=1S/C11H24N2O/c1-3-4-9-13(11(2)14)10-7-5-6-8-12/h3-10,12H2,1-2H3. The van der Waals surface area contributed by atoms with Gasteiger partial charge in [-0.05, 0) is 25.8 Å². The monoisotopic (exact) mass is 200 g/mol. The van der Waals surface area contributed by atoms with Crippen LogP contribution in [0.3, 0.4) is 0 Å². The van der Waals surface area contributed by atoms with Crippen LogP contribution < -0.4 is 5.73 Å². The molecule has 2 N–H and O–H groups in total. The van der Waals surface area contributed by atoms with Crippen molar-refractivity contribution in [1.29, 1.82) is 0 Å². The fourth-order valence-corrected chi connectivity index (χ4v) is 1.40. The quantitative estimate of drug-likeness (QED) is 0.607. The van der Waals surface area contributed by atoms with E-state index in [1.807, 2.05) is 4.90 Å². The minimum Gasteiger partial charge on any atom is -0.343 e. The first-order chi connectivity index (χ1) is 6.72. The van der Waals surface area contributed by atoms with E-state index in [0.717, 1.165) is 51.7 Å². The van der Waals surface area contributed by atoms with Crippen molar-refractivity contribution in [2.24, 2.45) is 5.73 Å². The molecule has 3 heteroatoms. The summed E-state index contributed by atoms with van der Waals surface area (Å²) in [4.78, 5) is 13.2. The van der Waals surface area contributed by atoms with Gasteiger partial charge in [0, 0.05) is 20.0 Å². The summed E-state index contributed by atoms with van der Waals surface area (Å²) in [6.45, 7) is 6.37. The van der Waals surface area contributed by atoms with Crippen LogP contribution >= 0.6 is 0 Å². The van der Waals surface area contributed by atoms with Gasteiger partial charge in [0.05, 0.1) is 0 Å². The third kappa shape index (κ3) is 6.89. The van der Waals surface area contributed by atoms with E-state index in [4.69, 9.17) is 5.73 Å². The fraction of sp³-hybridized carbons (Fsp3) is 0.909. The first-order valence-corrected chi connectivity index (χ1v) is 5.68. The zero-order valence-corrected chi connectivity index (χ0v) is 9.59. The highest BCUT2D eigenvalue weighted by Crippen LogP contribution is 2.01. The SMILES string of the molecule is CCCCN(CCCCCN)C(C)=O. The Morgan fingerprint density at radius 3 is 2.29 bits per heavy atom. The van der Waals surface area contributed by atoms with Crippen molar-refractivity contribution in [2.45, 2.75) is 46.0 Å². The van der Waals surface area contributed by atoms with E-state index in [2.05, 4.69) is 6.92 Å². The van der Waals surface area contributed by atoms with Crippen LogP contribution in [0.2, 0.25) is 0 Å². The number of unbranched alkanes of at least 4 members (excludes halogenated alkanes) is 3. The van der Waals surface area contributed by atoms with E-state index in [1.54, 1.807) is 6.92 Å². The molecule has 0 rings (SSSR count). The van der Waals surface area contributed by atoms with Crippen molar-refractivity contribution >= 4 is 5.91 Å². The Balaban J connectivity index is 3.57. The molecule has 1 amide bonds. The summed E-state index contributed by atoms with van der Waals surface area (Å²) in [6, 6.07) is 0. The number of nitrogens with zero attached hydrogens (tertiary/aromatic N) is 1. The molecule has 0 aliphatic rings. The fourth-order valence-electron chi connectivity index (χ4n) is 1.40. The summed E-state index contributed by atoms with van der Waals surface area (Å²) in [5.74, 6) is 0.200. The number of nitrogens with two attached hydrogens (primary N) is 1. The van der Waals surface area contributed by atoms with E-state index in [0.29, 0.717) is 0 Å². The van der Waals surface area contributed by atoms with Crippen LogP contribution in [0.15, 0.2) is 0 Å². The lowest BCUT2D eigenvalue weighted by atomic mass is 10.2. The summed E-state index contributed by atoms with van der Waals surface area (Å²) in [5.41, 5.74) is 5.40. The first-order valence-electron chi connectivity index (χ1n) is 5.68. The van der Waals surface area contributed by atoms with Crippen LogP contribution in [0.25, 0.3) is 0 Å². The average molecular weight is 200 g/mol. The van der Waals surface area contributed by atoms with Gasteiger partial charge in [0.1, 0.15) is 0 Å². The number of carbonyl (C=O) groups excluding carboxylic acids is 1. The molecule has 0 unspecified atom stereocenters. The summed E-state index contributed by atoms with van der Waals surface area (Å²) >= 11 is 0. The van der Waals surface area contributed by atoms with Gasteiger partial charge in [-0.25, -0.2) is 0 Å². The van der Waals surface area contributed by atoms with Crippen LogP contribution in [0.4, 0.5) is 0 Å². The molecule has 0 aliphatic heterocycles. The van der Waals surface area contributed by atoms with Crippen LogP contribution in [0, 0.1) is 0 Å². The molecule has 0 aromatic heterocycles. The van der Waals surface area contributed by atoms with Gasteiger partial charge in [0.15, 0.2) is 0 Å². The highest BCUT2D eigenvalue weighted by molar-refractivity contribution is 5.73. The van der Waals surface area contributed by atoms with E-state index in [9.17, 15) is 4.79 Å². The Morgan fingerprint density at radius 1 is 1.14 bits per heavy atom. The molecule has 0 bridgehead atoms. The predicted molar refractivity (Wildman–Crippen MR) is 60.1 cm³/mol. The van der Waals surface area contributed by atoms with Crippen molar-refractivity contribution < 1.29 is 4.79 Å². The van der Waals surface area contributed by atoms with Gasteiger partial charge in [0.2, 0.25) is 5.91 Å². The molecule has 0 atom stereocenters. The van der Waals surface area contributed by atoms with Crippen LogP contribution in [0.1, 0.15) is 46.0 Å². The largest absolute Gasteiger partial charge is 0.343 e. The Kier molecular flexibility index (Phi) is 8.64. The van der Waals surface area contributed by atoms with Crippen molar-refractivity contribution in [1.82, 2.24) is 4.90 Å². The highest BCUT2D eigenvalue weighted by Gasteiger charge is 2.06. The number of rotatable bonds is 8. The molecule has 3 nitrogen and oxygen atoms in total. The molecule has 0 radical (unpaired) electrons. The Hall–Kier alpha value is -0.570. The van der Waals surface area contributed by atoms with E-state index in [1.165, 1.54) is 0 Å². The molecular weight excluding hydrogens is 176 g/mol. The van der Waals surface area contributed by atoms with Crippen LogP contribution in [0.5, 0.6) is 0 Å². The van der Waals surface area contributed by atoms with E-state index in [-0.39, 0.29) is 5.91 Å². The summed E-state index contributed by atoms with van der Waals surface area (Å²) in [6.07, 6.45) is 5.54. The van der Waals surface area contributed by atoms with Crippen LogP contribution in [-0.2, 0) is 4.79 Å². The second-order valence-electron chi connectivity index (χ2n) is 3.71. The van der Waals surface area contributed by atoms with E-state index < -0.39 is 0 Å². The number of amides is 1. The van der Waals surface area contributed by atoms with Gasteiger partial charge in [-0.1, -0.05) is 19.8 Å². The maximum Gasteiger partial charge on any atom is 0.219 e. The third-order valence-corrected chi connectivity index (χ3v) is 2.36. The molecule has 0 fully saturated rings. The van der Waals surface area contributed by atoms with Gasteiger partial charge >= 0.3 is 0 Å². The summed E-state index contributed by atoms with van der Waals surface area (Å²) < 4.78 is 0. The number of hydrogen-bond donors (Lipinski definition) is 1. The maximum atomic E-state index is 11.2. The van der Waals surface area contributed by atoms with Crippen molar-refractivity contribution in [2.75, 3.05) is 19.6 Å². The van der Waals surface area contributed by atoms with Gasteiger partial charge < -0.3 is 10.6 Å². The Labute approximate surface area is 87.6 Å². The molecule has 0 aromatic carbocycles. The van der Waals surface area contributed by atoms with Gasteiger partial charge in [0.25, 0.3) is 0 Å². The van der Waals surface area contributed by atoms with Crippen molar-refractivity contribution in [3.63, 3.8) is 0 Å². The maximum absolute atomic E-state index is 11.2. The first kappa shape index (κ1) is 13.4. The second kappa shape index (κ2) is 9.00. The topological polar surface area (TPSA) is 46.3 Å². The molecule has 14 heavy (non-hydrogen) atoms. The lowest BCUT2D eigenvalue weighted by molar-refractivity contribution is -0.129. The molecule has 0 saturated heterocycles. The molecule has 0 heterocycles. The van der Waals surface area contributed by atoms with Crippen LogP contribution in [-0.4, -0.2) is 30.4 Å². The average Bonchev–Trinajstić information content (AvgIpc) is 2.16. The Bertz CT molecular complexity index is 148. The Morgan fingerprint density at radius 2 is 1.79 bits per heavy atom. The molecule has 84 valence electrons. The molecule has 0 spiro atoms.